The summed E-state index contributed by atoms with van der Waals surface area (Å²) in [5.74, 6) is -0.177. The highest BCUT2D eigenvalue weighted by molar-refractivity contribution is 5.82. The first kappa shape index (κ1) is 11.3. The first-order chi connectivity index (χ1) is 8.36. The molecule has 1 heterocycles. The van der Waals surface area contributed by atoms with E-state index >= 15 is 0 Å². The van der Waals surface area contributed by atoms with Crippen molar-refractivity contribution in [2.75, 3.05) is 0 Å². The summed E-state index contributed by atoms with van der Waals surface area (Å²) in [6, 6.07) is 18.2. The van der Waals surface area contributed by atoms with Crippen molar-refractivity contribution in [3.63, 3.8) is 0 Å². The van der Waals surface area contributed by atoms with Gasteiger partial charge in [0.25, 0.3) is 0 Å². The summed E-state index contributed by atoms with van der Waals surface area (Å²) in [6.07, 6.45) is 3.50. The quantitative estimate of drug-likeness (QED) is 0.562. The number of halogens is 1. The molecule has 0 saturated heterocycles. The van der Waals surface area contributed by atoms with Crippen LogP contribution in [0.2, 0.25) is 0 Å². The molecule has 3 aromatic rings. The Balaban J connectivity index is 0.000000153. The molecule has 0 spiro atoms. The van der Waals surface area contributed by atoms with Crippen LogP contribution in [0.25, 0.3) is 10.8 Å². The van der Waals surface area contributed by atoms with Crippen molar-refractivity contribution in [2.45, 2.75) is 0 Å². The van der Waals surface area contributed by atoms with Crippen molar-refractivity contribution in [3.8, 4) is 0 Å². The molecule has 0 atom stereocenters. The Labute approximate surface area is 99.6 Å². The lowest BCUT2D eigenvalue weighted by Gasteiger charge is -1.94. The molecule has 0 saturated carbocycles. The third kappa shape index (κ3) is 3.38. The monoisotopic (exact) mass is 225 g/mol. The summed E-state index contributed by atoms with van der Waals surface area (Å²) in [6.45, 7) is 0. The standard InChI is InChI=1S/C10H7F.C5H5N/c11-10-6-5-8-3-1-2-4-9(8)7-10;1-2-4-6-5-3-1/h1-7H;1-5H. The second-order valence-corrected chi connectivity index (χ2v) is 3.52. The zero-order valence-corrected chi connectivity index (χ0v) is 9.25. The van der Waals surface area contributed by atoms with Crippen LogP contribution in [0.1, 0.15) is 0 Å². The van der Waals surface area contributed by atoms with Crippen molar-refractivity contribution in [3.05, 3.63) is 78.9 Å². The molecule has 1 nitrogen and oxygen atoms in total. The first-order valence-electron chi connectivity index (χ1n) is 5.35. The Bertz CT molecular complexity index is 552. The predicted molar refractivity (Wildman–Crippen MR) is 68.1 cm³/mol. The number of fused-ring (bicyclic) bond motifs is 1. The van der Waals surface area contributed by atoms with Crippen molar-refractivity contribution in [2.24, 2.45) is 0 Å². The summed E-state index contributed by atoms with van der Waals surface area (Å²) in [5.41, 5.74) is 0. The summed E-state index contributed by atoms with van der Waals surface area (Å²) < 4.78 is 12.6. The average Bonchev–Trinajstić information content (AvgIpc) is 2.41. The molecule has 0 bridgehead atoms. The zero-order chi connectivity index (χ0) is 11.9. The molecule has 84 valence electrons. The van der Waals surface area contributed by atoms with E-state index in [0.29, 0.717) is 0 Å². The van der Waals surface area contributed by atoms with Crippen LogP contribution >= 0.6 is 0 Å². The molecule has 0 unspecified atom stereocenters. The summed E-state index contributed by atoms with van der Waals surface area (Å²) in [7, 11) is 0. The average molecular weight is 225 g/mol. The smallest absolute Gasteiger partial charge is 0.123 e. The van der Waals surface area contributed by atoms with Crippen molar-refractivity contribution in [1.29, 1.82) is 0 Å². The van der Waals surface area contributed by atoms with Gasteiger partial charge < -0.3 is 0 Å². The van der Waals surface area contributed by atoms with Gasteiger partial charge in [-0.1, -0.05) is 36.4 Å². The summed E-state index contributed by atoms with van der Waals surface area (Å²) >= 11 is 0. The maximum Gasteiger partial charge on any atom is 0.123 e. The van der Waals surface area contributed by atoms with Gasteiger partial charge in [-0.3, -0.25) is 4.98 Å². The van der Waals surface area contributed by atoms with Crippen LogP contribution in [0.5, 0.6) is 0 Å². The van der Waals surface area contributed by atoms with Gasteiger partial charge in [0.15, 0.2) is 0 Å². The number of aromatic nitrogens is 1. The molecule has 0 fully saturated rings. The van der Waals surface area contributed by atoms with Crippen LogP contribution in [0.4, 0.5) is 4.39 Å². The van der Waals surface area contributed by atoms with Crippen LogP contribution in [0, 0.1) is 5.82 Å². The molecule has 2 aromatic carbocycles. The van der Waals surface area contributed by atoms with E-state index < -0.39 is 0 Å². The number of nitrogens with zero attached hydrogens (tertiary/aromatic N) is 1. The molecular formula is C15H12FN. The Morgan fingerprint density at radius 3 is 2.00 bits per heavy atom. The first-order valence-corrected chi connectivity index (χ1v) is 5.35. The van der Waals surface area contributed by atoms with E-state index in [2.05, 4.69) is 4.98 Å². The lowest BCUT2D eigenvalue weighted by Crippen LogP contribution is -1.73. The van der Waals surface area contributed by atoms with Gasteiger partial charge in [-0.05, 0) is 35.0 Å². The molecular weight excluding hydrogens is 213 g/mol. The van der Waals surface area contributed by atoms with Crippen LogP contribution < -0.4 is 0 Å². The highest BCUT2D eigenvalue weighted by Crippen LogP contribution is 2.13. The third-order valence-electron chi connectivity index (χ3n) is 2.28. The molecule has 0 radical (unpaired) electrons. The van der Waals surface area contributed by atoms with E-state index in [4.69, 9.17) is 0 Å². The van der Waals surface area contributed by atoms with Gasteiger partial charge in [0.2, 0.25) is 0 Å². The number of hydrogen-bond donors (Lipinski definition) is 0. The van der Waals surface area contributed by atoms with Crippen molar-refractivity contribution < 1.29 is 4.39 Å². The largest absolute Gasteiger partial charge is 0.265 e. The van der Waals surface area contributed by atoms with Crippen LogP contribution in [-0.4, -0.2) is 4.98 Å². The Morgan fingerprint density at radius 1 is 0.706 bits per heavy atom. The zero-order valence-electron chi connectivity index (χ0n) is 9.25. The van der Waals surface area contributed by atoms with E-state index in [1.807, 2.05) is 42.5 Å². The molecule has 0 aliphatic heterocycles. The lowest BCUT2D eigenvalue weighted by atomic mass is 10.1. The fourth-order valence-electron chi connectivity index (χ4n) is 1.47. The minimum atomic E-state index is -0.177. The highest BCUT2D eigenvalue weighted by Gasteiger charge is 1.92. The fourth-order valence-corrected chi connectivity index (χ4v) is 1.47. The number of hydrogen-bond acceptors (Lipinski definition) is 1. The predicted octanol–water partition coefficient (Wildman–Crippen LogP) is 4.06. The number of pyridine rings is 1. The second-order valence-electron chi connectivity index (χ2n) is 3.52. The Kier molecular flexibility index (Phi) is 3.81. The molecule has 0 aliphatic rings. The normalized spacial score (nSPS) is 9.47. The number of rotatable bonds is 0. The third-order valence-corrected chi connectivity index (χ3v) is 2.28. The van der Waals surface area contributed by atoms with Crippen LogP contribution in [0.3, 0.4) is 0 Å². The summed E-state index contributed by atoms with van der Waals surface area (Å²) in [4.78, 5) is 3.78. The molecule has 17 heavy (non-hydrogen) atoms. The van der Waals surface area contributed by atoms with E-state index in [9.17, 15) is 4.39 Å². The van der Waals surface area contributed by atoms with Gasteiger partial charge in [0.1, 0.15) is 5.82 Å². The van der Waals surface area contributed by atoms with E-state index in [0.717, 1.165) is 10.8 Å². The molecule has 0 N–H and O–H groups in total. The van der Waals surface area contributed by atoms with Crippen molar-refractivity contribution >= 4 is 10.8 Å². The van der Waals surface area contributed by atoms with Gasteiger partial charge >= 0.3 is 0 Å². The molecule has 0 amide bonds. The fraction of sp³-hybridized carbons (Fsp3) is 0. The van der Waals surface area contributed by atoms with Gasteiger partial charge in [0.05, 0.1) is 0 Å². The molecule has 3 rings (SSSR count). The molecule has 1 aromatic heterocycles. The minimum absolute atomic E-state index is 0.177. The van der Waals surface area contributed by atoms with E-state index in [1.165, 1.54) is 12.1 Å². The number of benzene rings is 2. The Hall–Kier alpha value is -2.22. The molecule has 0 aliphatic carbocycles. The van der Waals surface area contributed by atoms with E-state index in [-0.39, 0.29) is 5.82 Å². The van der Waals surface area contributed by atoms with Gasteiger partial charge in [-0.2, -0.15) is 0 Å². The maximum atomic E-state index is 12.6. The van der Waals surface area contributed by atoms with Gasteiger partial charge in [-0.25, -0.2) is 4.39 Å². The van der Waals surface area contributed by atoms with Gasteiger partial charge in [-0.15, -0.1) is 0 Å². The van der Waals surface area contributed by atoms with E-state index in [1.54, 1.807) is 18.5 Å². The SMILES string of the molecule is Fc1ccc2ccccc2c1.c1ccncc1. The Morgan fingerprint density at radius 2 is 1.41 bits per heavy atom. The maximum absolute atomic E-state index is 12.6. The van der Waals surface area contributed by atoms with Crippen LogP contribution in [-0.2, 0) is 0 Å². The van der Waals surface area contributed by atoms with Crippen molar-refractivity contribution in [1.82, 2.24) is 4.98 Å². The second kappa shape index (κ2) is 5.75. The highest BCUT2D eigenvalue weighted by atomic mass is 19.1. The lowest BCUT2D eigenvalue weighted by molar-refractivity contribution is 0.630. The molecule has 2 heteroatoms. The summed E-state index contributed by atoms with van der Waals surface area (Å²) in [5, 5.41) is 2.03. The minimum Gasteiger partial charge on any atom is -0.265 e. The van der Waals surface area contributed by atoms with Gasteiger partial charge in [0, 0.05) is 12.4 Å². The topological polar surface area (TPSA) is 12.9 Å². The van der Waals surface area contributed by atoms with Crippen LogP contribution in [0.15, 0.2) is 73.1 Å².